The molecular weight excluding hydrogens is 260 g/mol. The molecule has 0 N–H and O–H groups in total. The van der Waals surface area contributed by atoms with Crippen LogP contribution in [0.3, 0.4) is 0 Å². The maximum atomic E-state index is 12.1. The minimum Gasteiger partial charge on any atom is -0.468 e. The Balaban J connectivity index is 2.12. The molecule has 0 aliphatic carbocycles. The Kier molecular flexibility index (Phi) is 4.75. The van der Waals surface area contributed by atoms with Crippen LogP contribution in [0.4, 0.5) is 0 Å². The van der Waals surface area contributed by atoms with Crippen LogP contribution in [0.5, 0.6) is 0 Å². The molecule has 1 aromatic carbocycles. The van der Waals surface area contributed by atoms with E-state index in [0.29, 0.717) is 0 Å². The van der Waals surface area contributed by atoms with E-state index in [0.717, 1.165) is 5.56 Å². The van der Waals surface area contributed by atoms with E-state index >= 15 is 0 Å². The molecule has 0 spiro atoms. The fourth-order valence-corrected chi connectivity index (χ4v) is 2.29. The number of carbonyl (C=O) groups excluding carboxylic acids is 1. The summed E-state index contributed by atoms with van der Waals surface area (Å²) in [7, 11) is 2.91. The van der Waals surface area contributed by atoms with Gasteiger partial charge in [-0.2, -0.15) is 0 Å². The lowest BCUT2D eigenvalue weighted by Gasteiger charge is -2.40. The summed E-state index contributed by atoms with van der Waals surface area (Å²) in [6.07, 6.45) is -0.815. The SMILES string of the molecule is COC(=O)C1(C(C)OC)COC(c2ccccc2)OC1. The number of esters is 1. The van der Waals surface area contributed by atoms with Crippen molar-refractivity contribution in [2.24, 2.45) is 5.41 Å². The first-order valence-electron chi connectivity index (χ1n) is 6.53. The van der Waals surface area contributed by atoms with Crippen LogP contribution in [0.25, 0.3) is 0 Å². The van der Waals surface area contributed by atoms with Crippen LogP contribution in [-0.4, -0.2) is 39.5 Å². The first kappa shape index (κ1) is 15.0. The van der Waals surface area contributed by atoms with Crippen LogP contribution < -0.4 is 0 Å². The van der Waals surface area contributed by atoms with Crippen molar-refractivity contribution >= 4 is 5.97 Å². The van der Waals surface area contributed by atoms with Crippen molar-refractivity contribution in [1.29, 1.82) is 0 Å². The Bertz CT molecular complexity index is 437. The number of benzene rings is 1. The molecule has 0 amide bonds. The second kappa shape index (κ2) is 6.35. The summed E-state index contributed by atoms with van der Waals surface area (Å²) in [4.78, 5) is 12.1. The van der Waals surface area contributed by atoms with E-state index in [1.165, 1.54) is 7.11 Å². The van der Waals surface area contributed by atoms with Gasteiger partial charge in [-0.05, 0) is 6.92 Å². The van der Waals surface area contributed by atoms with Crippen LogP contribution in [0.2, 0.25) is 0 Å². The third kappa shape index (κ3) is 2.70. The molecule has 110 valence electrons. The zero-order valence-electron chi connectivity index (χ0n) is 12.0. The van der Waals surface area contributed by atoms with Crippen LogP contribution >= 0.6 is 0 Å². The molecule has 1 aliphatic heterocycles. The Morgan fingerprint density at radius 3 is 2.35 bits per heavy atom. The van der Waals surface area contributed by atoms with Crippen LogP contribution in [0.15, 0.2) is 30.3 Å². The van der Waals surface area contributed by atoms with Crippen LogP contribution in [0, 0.1) is 5.41 Å². The van der Waals surface area contributed by atoms with E-state index in [9.17, 15) is 4.79 Å². The van der Waals surface area contributed by atoms with Gasteiger partial charge in [-0.15, -0.1) is 0 Å². The van der Waals surface area contributed by atoms with Gasteiger partial charge in [-0.25, -0.2) is 0 Å². The molecule has 20 heavy (non-hydrogen) atoms. The minimum atomic E-state index is -0.922. The van der Waals surface area contributed by atoms with E-state index in [1.54, 1.807) is 7.11 Å². The number of hydrogen-bond donors (Lipinski definition) is 0. The second-order valence-corrected chi connectivity index (χ2v) is 4.89. The normalized spacial score (nSPS) is 27.9. The maximum Gasteiger partial charge on any atom is 0.319 e. The van der Waals surface area contributed by atoms with Crippen molar-refractivity contribution in [3.63, 3.8) is 0 Å². The molecule has 1 atom stereocenters. The lowest BCUT2D eigenvalue weighted by molar-refractivity contribution is -0.256. The summed E-state index contributed by atoms with van der Waals surface area (Å²) in [5.41, 5.74) is 0.00504. The largest absolute Gasteiger partial charge is 0.468 e. The van der Waals surface area contributed by atoms with Gasteiger partial charge in [0.05, 0.1) is 26.4 Å². The Morgan fingerprint density at radius 2 is 1.85 bits per heavy atom. The molecule has 5 nitrogen and oxygen atoms in total. The van der Waals surface area contributed by atoms with Gasteiger partial charge < -0.3 is 18.9 Å². The van der Waals surface area contributed by atoms with Gasteiger partial charge in [0.1, 0.15) is 5.41 Å². The molecule has 1 aromatic rings. The third-order valence-electron chi connectivity index (χ3n) is 3.78. The van der Waals surface area contributed by atoms with Crippen LogP contribution in [-0.2, 0) is 23.7 Å². The third-order valence-corrected chi connectivity index (χ3v) is 3.78. The number of hydrogen-bond acceptors (Lipinski definition) is 5. The molecule has 1 heterocycles. The molecule has 0 bridgehead atoms. The number of carbonyl (C=O) groups is 1. The Labute approximate surface area is 118 Å². The van der Waals surface area contributed by atoms with Crippen molar-refractivity contribution in [2.75, 3.05) is 27.4 Å². The summed E-state index contributed by atoms with van der Waals surface area (Å²) in [5, 5.41) is 0. The molecule has 0 radical (unpaired) electrons. The predicted molar refractivity (Wildman–Crippen MR) is 72.0 cm³/mol. The lowest BCUT2D eigenvalue weighted by Crippen LogP contribution is -2.53. The molecule has 5 heteroatoms. The summed E-state index contributed by atoms with van der Waals surface area (Å²) < 4.78 is 21.6. The molecule has 1 unspecified atom stereocenters. The highest BCUT2D eigenvalue weighted by Crippen LogP contribution is 2.36. The maximum absolute atomic E-state index is 12.1. The molecule has 1 fully saturated rings. The van der Waals surface area contributed by atoms with Gasteiger partial charge in [-0.1, -0.05) is 30.3 Å². The summed E-state index contributed by atoms with van der Waals surface area (Å²) in [5.74, 6) is -0.377. The van der Waals surface area contributed by atoms with Crippen molar-refractivity contribution < 1.29 is 23.7 Å². The van der Waals surface area contributed by atoms with E-state index in [-0.39, 0.29) is 25.3 Å². The van der Waals surface area contributed by atoms with Gasteiger partial charge in [0.25, 0.3) is 0 Å². The van der Waals surface area contributed by atoms with Crippen molar-refractivity contribution in [2.45, 2.75) is 19.3 Å². The van der Waals surface area contributed by atoms with Gasteiger partial charge in [-0.3, -0.25) is 4.79 Å². The second-order valence-electron chi connectivity index (χ2n) is 4.89. The van der Waals surface area contributed by atoms with Crippen LogP contribution in [0.1, 0.15) is 18.8 Å². The summed E-state index contributed by atoms with van der Waals surface area (Å²) in [6, 6.07) is 9.62. The zero-order valence-corrected chi connectivity index (χ0v) is 12.0. The number of rotatable bonds is 4. The highest BCUT2D eigenvalue weighted by Gasteiger charge is 2.49. The van der Waals surface area contributed by atoms with E-state index in [2.05, 4.69) is 0 Å². The molecule has 0 aromatic heterocycles. The van der Waals surface area contributed by atoms with Gasteiger partial charge >= 0.3 is 5.97 Å². The van der Waals surface area contributed by atoms with E-state index in [1.807, 2.05) is 37.3 Å². The average Bonchev–Trinajstić information content (AvgIpc) is 2.54. The smallest absolute Gasteiger partial charge is 0.319 e. The highest BCUT2D eigenvalue weighted by atomic mass is 16.7. The zero-order chi connectivity index (χ0) is 14.6. The van der Waals surface area contributed by atoms with Crippen molar-refractivity contribution in [3.8, 4) is 0 Å². The molecule has 2 rings (SSSR count). The molecule has 0 saturated carbocycles. The van der Waals surface area contributed by atoms with Crippen molar-refractivity contribution in [1.82, 2.24) is 0 Å². The lowest BCUT2D eigenvalue weighted by atomic mass is 9.83. The number of ether oxygens (including phenoxy) is 4. The standard InChI is InChI=1S/C15H20O5/c1-11(17-2)15(14(16)18-3)9-19-13(20-10-15)12-7-5-4-6-8-12/h4-8,11,13H,9-10H2,1-3H3. The highest BCUT2D eigenvalue weighted by molar-refractivity contribution is 5.78. The monoisotopic (exact) mass is 280 g/mol. The first-order valence-corrected chi connectivity index (χ1v) is 6.53. The van der Waals surface area contributed by atoms with Gasteiger partial charge in [0, 0.05) is 12.7 Å². The van der Waals surface area contributed by atoms with Gasteiger partial charge in [0.15, 0.2) is 6.29 Å². The Morgan fingerprint density at radius 1 is 1.25 bits per heavy atom. The molecule has 1 saturated heterocycles. The number of methoxy groups -OCH3 is 2. The van der Waals surface area contributed by atoms with E-state index in [4.69, 9.17) is 18.9 Å². The van der Waals surface area contributed by atoms with Crippen molar-refractivity contribution in [3.05, 3.63) is 35.9 Å². The van der Waals surface area contributed by atoms with Gasteiger partial charge in [0.2, 0.25) is 0 Å². The fraction of sp³-hybridized carbons (Fsp3) is 0.533. The minimum absolute atomic E-state index is 0.203. The average molecular weight is 280 g/mol. The fourth-order valence-electron chi connectivity index (χ4n) is 2.29. The van der Waals surface area contributed by atoms with E-state index < -0.39 is 11.7 Å². The summed E-state index contributed by atoms with van der Waals surface area (Å²) in [6.45, 7) is 2.22. The molecular formula is C15H20O5. The topological polar surface area (TPSA) is 54.0 Å². The summed E-state index contributed by atoms with van der Waals surface area (Å²) >= 11 is 0. The quantitative estimate of drug-likeness (QED) is 0.789. The molecule has 1 aliphatic rings. The first-order chi connectivity index (χ1) is 9.64. The Hall–Kier alpha value is -1.43. The predicted octanol–water partition coefficient (Wildman–Crippen LogP) is 1.93.